The van der Waals surface area contributed by atoms with Gasteiger partial charge in [0.25, 0.3) is 0 Å². The highest BCUT2D eigenvalue weighted by Crippen LogP contribution is 2.18. The fourth-order valence-corrected chi connectivity index (χ4v) is 2.26. The number of carbonyl (C=O) groups excluding carboxylic acids is 1. The summed E-state index contributed by atoms with van der Waals surface area (Å²) in [5.41, 5.74) is 0. The van der Waals surface area contributed by atoms with Crippen LogP contribution in [0, 0.1) is 0 Å². The standard InChI is InChI=1S/C11H20N2O3/c1-4-13-8(2)5-6-12(3)11(16)9(13)7-10(14)15/h8-9H,4-7H2,1-3H3,(H,14,15). The van der Waals surface area contributed by atoms with Crippen LogP contribution in [0.25, 0.3) is 0 Å². The summed E-state index contributed by atoms with van der Waals surface area (Å²) >= 11 is 0. The molecule has 1 amide bonds. The maximum Gasteiger partial charge on any atom is 0.305 e. The van der Waals surface area contributed by atoms with Gasteiger partial charge in [0.15, 0.2) is 0 Å². The third kappa shape index (κ3) is 2.72. The lowest BCUT2D eigenvalue weighted by atomic mass is 10.1. The van der Waals surface area contributed by atoms with Crippen LogP contribution >= 0.6 is 0 Å². The molecule has 0 aromatic carbocycles. The molecule has 1 rings (SSSR count). The van der Waals surface area contributed by atoms with Gasteiger partial charge in [0, 0.05) is 19.6 Å². The first-order valence-electron chi connectivity index (χ1n) is 5.69. The largest absolute Gasteiger partial charge is 0.481 e. The molecule has 1 saturated heterocycles. The second-order valence-electron chi connectivity index (χ2n) is 4.34. The van der Waals surface area contributed by atoms with Crippen LogP contribution in [0.15, 0.2) is 0 Å². The third-order valence-corrected chi connectivity index (χ3v) is 3.24. The molecule has 1 aliphatic heterocycles. The molecule has 0 aromatic rings. The predicted molar refractivity (Wildman–Crippen MR) is 60.1 cm³/mol. The number of hydrogen-bond acceptors (Lipinski definition) is 3. The number of hydrogen-bond donors (Lipinski definition) is 1. The molecule has 1 fully saturated rings. The first-order chi connectivity index (χ1) is 7.47. The molecule has 1 N–H and O–H groups in total. The molecule has 1 aliphatic rings. The first kappa shape index (κ1) is 13.0. The Hall–Kier alpha value is -1.10. The van der Waals surface area contributed by atoms with E-state index in [1.807, 2.05) is 18.7 Å². The normalized spacial score (nSPS) is 27.9. The van der Waals surface area contributed by atoms with Gasteiger partial charge < -0.3 is 10.0 Å². The summed E-state index contributed by atoms with van der Waals surface area (Å²) in [5, 5.41) is 8.86. The van der Waals surface area contributed by atoms with Crippen molar-refractivity contribution in [2.24, 2.45) is 0 Å². The molecule has 0 spiro atoms. The van der Waals surface area contributed by atoms with Crippen molar-refractivity contribution < 1.29 is 14.7 Å². The summed E-state index contributed by atoms with van der Waals surface area (Å²) < 4.78 is 0. The molecule has 5 heteroatoms. The van der Waals surface area contributed by atoms with Gasteiger partial charge in [-0.2, -0.15) is 0 Å². The highest BCUT2D eigenvalue weighted by atomic mass is 16.4. The Morgan fingerprint density at radius 1 is 1.56 bits per heavy atom. The number of rotatable bonds is 3. The highest BCUT2D eigenvalue weighted by molar-refractivity contribution is 5.86. The smallest absolute Gasteiger partial charge is 0.305 e. The van der Waals surface area contributed by atoms with E-state index in [1.54, 1.807) is 11.9 Å². The Kier molecular flexibility index (Phi) is 4.29. The molecule has 92 valence electrons. The molecule has 0 radical (unpaired) electrons. The van der Waals surface area contributed by atoms with Crippen molar-refractivity contribution in [1.82, 2.24) is 9.80 Å². The number of carboxylic acids is 1. The maximum atomic E-state index is 12.0. The zero-order valence-electron chi connectivity index (χ0n) is 10.1. The van der Waals surface area contributed by atoms with E-state index in [9.17, 15) is 9.59 Å². The van der Waals surface area contributed by atoms with Crippen molar-refractivity contribution in [3.63, 3.8) is 0 Å². The van der Waals surface area contributed by atoms with Crippen molar-refractivity contribution in [2.75, 3.05) is 20.1 Å². The second kappa shape index (κ2) is 5.30. The number of amides is 1. The highest BCUT2D eigenvalue weighted by Gasteiger charge is 2.35. The summed E-state index contributed by atoms with van der Waals surface area (Å²) in [7, 11) is 1.74. The lowest BCUT2D eigenvalue weighted by Gasteiger charge is -2.31. The number of carbonyl (C=O) groups is 2. The average molecular weight is 228 g/mol. The van der Waals surface area contributed by atoms with Crippen LogP contribution in [-0.2, 0) is 9.59 Å². The van der Waals surface area contributed by atoms with E-state index < -0.39 is 12.0 Å². The summed E-state index contributed by atoms with van der Waals surface area (Å²) in [6, 6.07) is -0.256. The summed E-state index contributed by atoms with van der Waals surface area (Å²) in [6.45, 7) is 5.42. The summed E-state index contributed by atoms with van der Waals surface area (Å²) in [6.07, 6.45) is 0.785. The minimum absolute atomic E-state index is 0.0754. The van der Waals surface area contributed by atoms with E-state index in [4.69, 9.17) is 5.11 Å². The monoisotopic (exact) mass is 228 g/mol. The Labute approximate surface area is 96.0 Å². The van der Waals surface area contributed by atoms with Crippen molar-refractivity contribution in [3.8, 4) is 0 Å². The van der Waals surface area contributed by atoms with Crippen molar-refractivity contribution in [3.05, 3.63) is 0 Å². The van der Waals surface area contributed by atoms with Gasteiger partial charge in [-0.25, -0.2) is 0 Å². The van der Waals surface area contributed by atoms with E-state index in [0.29, 0.717) is 13.1 Å². The molecule has 0 bridgehead atoms. The average Bonchev–Trinajstić information content (AvgIpc) is 2.31. The second-order valence-corrected chi connectivity index (χ2v) is 4.34. The minimum atomic E-state index is -0.917. The van der Waals surface area contributed by atoms with E-state index in [1.165, 1.54) is 0 Å². The number of nitrogens with zero attached hydrogens (tertiary/aromatic N) is 2. The zero-order chi connectivity index (χ0) is 12.3. The van der Waals surface area contributed by atoms with Crippen molar-refractivity contribution in [2.45, 2.75) is 38.8 Å². The summed E-state index contributed by atoms with van der Waals surface area (Å²) in [4.78, 5) is 26.4. The van der Waals surface area contributed by atoms with Crippen LogP contribution < -0.4 is 0 Å². The molecular weight excluding hydrogens is 208 g/mol. The number of aliphatic carboxylic acids is 1. The Morgan fingerprint density at radius 2 is 2.19 bits per heavy atom. The first-order valence-corrected chi connectivity index (χ1v) is 5.69. The zero-order valence-corrected chi connectivity index (χ0v) is 10.1. The van der Waals surface area contributed by atoms with Gasteiger partial charge in [-0.15, -0.1) is 0 Å². The maximum absolute atomic E-state index is 12.0. The molecule has 2 atom stereocenters. The van der Waals surface area contributed by atoms with E-state index in [-0.39, 0.29) is 18.4 Å². The van der Waals surface area contributed by atoms with Gasteiger partial charge in [-0.3, -0.25) is 14.5 Å². The van der Waals surface area contributed by atoms with Crippen LogP contribution in [0.4, 0.5) is 0 Å². The molecule has 5 nitrogen and oxygen atoms in total. The predicted octanol–water partition coefficient (Wildman–Crippen LogP) is 0.402. The van der Waals surface area contributed by atoms with Crippen LogP contribution in [0.5, 0.6) is 0 Å². The Morgan fingerprint density at radius 3 is 2.69 bits per heavy atom. The van der Waals surface area contributed by atoms with Gasteiger partial charge in [0.2, 0.25) is 5.91 Å². The van der Waals surface area contributed by atoms with Crippen LogP contribution in [0.2, 0.25) is 0 Å². The van der Waals surface area contributed by atoms with Gasteiger partial charge in [0.05, 0.1) is 6.42 Å². The third-order valence-electron chi connectivity index (χ3n) is 3.24. The van der Waals surface area contributed by atoms with E-state index >= 15 is 0 Å². The Balaban J connectivity index is 2.91. The fraction of sp³-hybridized carbons (Fsp3) is 0.818. The topological polar surface area (TPSA) is 60.9 Å². The quantitative estimate of drug-likeness (QED) is 0.759. The van der Waals surface area contributed by atoms with Crippen LogP contribution in [0.3, 0.4) is 0 Å². The Bertz CT molecular complexity index is 280. The molecule has 0 saturated carbocycles. The van der Waals surface area contributed by atoms with Gasteiger partial charge in [-0.05, 0) is 19.9 Å². The molecule has 1 heterocycles. The van der Waals surface area contributed by atoms with Crippen molar-refractivity contribution in [1.29, 1.82) is 0 Å². The molecule has 0 aliphatic carbocycles. The van der Waals surface area contributed by atoms with Gasteiger partial charge in [0.1, 0.15) is 6.04 Å². The van der Waals surface area contributed by atoms with E-state index in [2.05, 4.69) is 0 Å². The number of carboxylic acid groups (broad SMARTS) is 1. The van der Waals surface area contributed by atoms with Gasteiger partial charge in [-0.1, -0.05) is 6.92 Å². The van der Waals surface area contributed by atoms with Crippen molar-refractivity contribution >= 4 is 11.9 Å². The lowest BCUT2D eigenvalue weighted by molar-refractivity contribution is -0.144. The fourth-order valence-electron chi connectivity index (χ4n) is 2.26. The summed E-state index contributed by atoms with van der Waals surface area (Å²) in [5.74, 6) is -0.993. The lowest BCUT2D eigenvalue weighted by Crippen LogP contribution is -2.48. The van der Waals surface area contributed by atoms with E-state index in [0.717, 1.165) is 6.42 Å². The minimum Gasteiger partial charge on any atom is -0.481 e. The molecule has 16 heavy (non-hydrogen) atoms. The molecular formula is C11H20N2O3. The molecule has 0 aromatic heterocycles. The van der Waals surface area contributed by atoms with Crippen LogP contribution in [-0.4, -0.2) is 59.0 Å². The van der Waals surface area contributed by atoms with Gasteiger partial charge >= 0.3 is 5.97 Å². The SMILES string of the molecule is CCN1C(C)CCN(C)C(=O)C1CC(=O)O. The number of likely N-dealkylation sites (N-methyl/N-ethyl adjacent to an activating group) is 2. The van der Waals surface area contributed by atoms with Crippen LogP contribution in [0.1, 0.15) is 26.7 Å². The molecule has 2 unspecified atom stereocenters.